The van der Waals surface area contributed by atoms with Crippen LogP contribution in [0.3, 0.4) is 0 Å². The van der Waals surface area contributed by atoms with Crippen LogP contribution in [-0.2, 0) is 14.0 Å². The van der Waals surface area contributed by atoms with E-state index < -0.39 is 8.32 Å². The molecule has 0 aromatic rings. The summed E-state index contributed by atoms with van der Waals surface area (Å²) in [5.41, 5.74) is -0.0156. The molecule has 0 saturated heterocycles. The van der Waals surface area contributed by atoms with Crippen molar-refractivity contribution in [1.29, 1.82) is 0 Å². The Labute approximate surface area is 101 Å². The lowest BCUT2D eigenvalue weighted by Crippen LogP contribution is -2.47. The predicted molar refractivity (Wildman–Crippen MR) is 68.8 cm³/mol. The fraction of sp³-hybridized carbons (Fsp3) is 0.917. The first-order valence-corrected chi connectivity index (χ1v) is 9.29. The summed E-state index contributed by atoms with van der Waals surface area (Å²) in [5.74, 6) is -0.0879. The van der Waals surface area contributed by atoms with Gasteiger partial charge >= 0.3 is 5.97 Å². The molecule has 0 heterocycles. The van der Waals surface area contributed by atoms with Gasteiger partial charge < -0.3 is 9.16 Å². The zero-order valence-corrected chi connectivity index (χ0v) is 12.3. The van der Waals surface area contributed by atoms with Crippen molar-refractivity contribution in [3.8, 4) is 0 Å². The van der Waals surface area contributed by atoms with Crippen molar-refractivity contribution in [3.63, 3.8) is 0 Å². The van der Waals surface area contributed by atoms with Gasteiger partial charge in [-0.25, -0.2) is 0 Å². The molecule has 16 heavy (non-hydrogen) atoms. The Balaban J connectivity index is 4.28. The monoisotopic (exact) mass is 246 g/mol. The van der Waals surface area contributed by atoms with Crippen molar-refractivity contribution in [1.82, 2.24) is 0 Å². The van der Waals surface area contributed by atoms with Crippen LogP contribution in [0.15, 0.2) is 0 Å². The second-order valence-electron chi connectivity index (χ2n) is 4.59. The van der Waals surface area contributed by atoms with E-state index in [1.807, 2.05) is 13.8 Å². The van der Waals surface area contributed by atoms with E-state index in [9.17, 15) is 4.79 Å². The second-order valence-corrected chi connectivity index (χ2v) is 8.73. The molecular formula is C12H26O3Si. The Bertz CT molecular complexity index is 204. The van der Waals surface area contributed by atoms with Gasteiger partial charge in [-0.1, -0.05) is 20.8 Å². The Morgan fingerprint density at radius 1 is 1.19 bits per heavy atom. The van der Waals surface area contributed by atoms with Crippen LogP contribution in [0.2, 0.25) is 13.1 Å². The number of carbonyl (C=O) groups is 1. The van der Waals surface area contributed by atoms with Gasteiger partial charge in [-0.15, -0.1) is 0 Å². The largest absolute Gasteiger partial charge is 0.463 e. The predicted octanol–water partition coefficient (Wildman–Crippen LogP) is 3.28. The van der Waals surface area contributed by atoms with Crippen molar-refractivity contribution in [2.24, 2.45) is 0 Å². The topological polar surface area (TPSA) is 35.5 Å². The van der Waals surface area contributed by atoms with E-state index in [1.54, 1.807) is 0 Å². The standard InChI is InChI=1S/C12H26O3Si/c1-6-9-11(13)15-12(8-3)16(4,5)14-10-7-2/h12H,6-10H2,1-5H3. The SMILES string of the molecule is CCCO[Si](C)(C)C(CC)OC(=O)CCC. The molecule has 96 valence electrons. The number of carbonyl (C=O) groups excluding carboxylic acids is 1. The highest BCUT2D eigenvalue weighted by atomic mass is 28.4. The molecule has 0 N–H and O–H groups in total. The van der Waals surface area contributed by atoms with Gasteiger partial charge in [0.15, 0.2) is 0 Å². The zero-order valence-electron chi connectivity index (χ0n) is 11.3. The number of ether oxygens (including phenoxy) is 1. The highest BCUT2D eigenvalue weighted by Crippen LogP contribution is 2.18. The molecule has 1 atom stereocenters. The molecule has 0 radical (unpaired) electrons. The lowest BCUT2D eigenvalue weighted by Gasteiger charge is -2.31. The minimum atomic E-state index is -1.89. The van der Waals surface area contributed by atoms with Crippen molar-refractivity contribution in [2.75, 3.05) is 6.61 Å². The first-order chi connectivity index (χ1) is 7.47. The van der Waals surface area contributed by atoms with Gasteiger partial charge in [-0.05, 0) is 32.4 Å². The van der Waals surface area contributed by atoms with Gasteiger partial charge in [-0.3, -0.25) is 4.79 Å². The van der Waals surface area contributed by atoms with Gasteiger partial charge in [0.1, 0.15) is 5.73 Å². The molecule has 0 aromatic carbocycles. The van der Waals surface area contributed by atoms with Crippen LogP contribution in [-0.4, -0.2) is 26.6 Å². The molecule has 0 bridgehead atoms. The van der Waals surface area contributed by atoms with Gasteiger partial charge in [-0.2, -0.15) is 0 Å². The van der Waals surface area contributed by atoms with Crippen LogP contribution in [0.4, 0.5) is 0 Å². The van der Waals surface area contributed by atoms with E-state index in [-0.39, 0.29) is 11.7 Å². The van der Waals surface area contributed by atoms with E-state index in [0.29, 0.717) is 6.42 Å². The molecule has 0 aliphatic carbocycles. The average Bonchev–Trinajstić information content (AvgIpc) is 2.23. The normalized spacial score (nSPS) is 13.6. The summed E-state index contributed by atoms with van der Waals surface area (Å²) in [6.07, 6.45) is 3.20. The van der Waals surface area contributed by atoms with Crippen molar-refractivity contribution in [3.05, 3.63) is 0 Å². The lowest BCUT2D eigenvalue weighted by atomic mass is 10.3. The molecule has 0 aromatic heterocycles. The Hall–Kier alpha value is -0.353. The molecule has 0 amide bonds. The molecule has 0 saturated carbocycles. The summed E-state index contributed by atoms with van der Waals surface area (Å²) in [5, 5.41) is 0. The molecule has 0 aliphatic rings. The van der Waals surface area contributed by atoms with Crippen LogP contribution in [0.5, 0.6) is 0 Å². The Kier molecular flexibility index (Phi) is 7.67. The van der Waals surface area contributed by atoms with Crippen LogP contribution in [0.25, 0.3) is 0 Å². The van der Waals surface area contributed by atoms with Gasteiger partial charge in [0, 0.05) is 13.0 Å². The van der Waals surface area contributed by atoms with Crippen LogP contribution < -0.4 is 0 Å². The Morgan fingerprint density at radius 3 is 2.25 bits per heavy atom. The number of rotatable bonds is 8. The minimum Gasteiger partial charge on any atom is -0.463 e. The fourth-order valence-corrected chi connectivity index (χ4v) is 3.91. The maximum Gasteiger partial charge on any atom is 0.305 e. The smallest absolute Gasteiger partial charge is 0.305 e. The van der Waals surface area contributed by atoms with E-state index in [4.69, 9.17) is 9.16 Å². The summed E-state index contributed by atoms with van der Waals surface area (Å²) >= 11 is 0. The number of esters is 1. The van der Waals surface area contributed by atoms with Gasteiger partial charge in [0.25, 0.3) is 0 Å². The highest BCUT2D eigenvalue weighted by molar-refractivity contribution is 6.72. The van der Waals surface area contributed by atoms with E-state index in [2.05, 4.69) is 20.0 Å². The summed E-state index contributed by atoms with van der Waals surface area (Å²) in [7, 11) is -1.89. The van der Waals surface area contributed by atoms with Crippen LogP contribution in [0.1, 0.15) is 46.5 Å². The zero-order chi connectivity index (χ0) is 12.6. The van der Waals surface area contributed by atoms with Crippen molar-refractivity contribution in [2.45, 2.75) is 65.3 Å². The average molecular weight is 246 g/mol. The first kappa shape index (κ1) is 15.6. The fourth-order valence-electron chi connectivity index (χ4n) is 1.60. The Morgan fingerprint density at radius 2 is 1.81 bits per heavy atom. The summed E-state index contributed by atoms with van der Waals surface area (Å²) < 4.78 is 11.4. The number of hydrogen-bond acceptors (Lipinski definition) is 3. The molecule has 0 rings (SSSR count). The quantitative estimate of drug-likeness (QED) is 0.487. The molecule has 0 spiro atoms. The maximum atomic E-state index is 11.5. The van der Waals surface area contributed by atoms with Crippen molar-refractivity contribution < 1.29 is 14.0 Å². The molecule has 1 unspecified atom stereocenters. The number of hydrogen-bond donors (Lipinski definition) is 0. The highest BCUT2D eigenvalue weighted by Gasteiger charge is 2.35. The third-order valence-corrected chi connectivity index (χ3v) is 5.58. The van der Waals surface area contributed by atoms with E-state index >= 15 is 0 Å². The van der Waals surface area contributed by atoms with E-state index in [1.165, 1.54) is 0 Å². The molecule has 3 nitrogen and oxygen atoms in total. The molecular weight excluding hydrogens is 220 g/mol. The molecule has 4 heteroatoms. The summed E-state index contributed by atoms with van der Waals surface area (Å²) in [6.45, 7) is 11.1. The summed E-state index contributed by atoms with van der Waals surface area (Å²) in [6, 6.07) is 0. The van der Waals surface area contributed by atoms with Gasteiger partial charge in [0.2, 0.25) is 8.32 Å². The summed E-state index contributed by atoms with van der Waals surface area (Å²) in [4.78, 5) is 11.5. The van der Waals surface area contributed by atoms with Crippen LogP contribution >= 0.6 is 0 Å². The third kappa shape index (κ3) is 5.65. The van der Waals surface area contributed by atoms with E-state index in [0.717, 1.165) is 25.9 Å². The first-order valence-electron chi connectivity index (χ1n) is 6.31. The third-order valence-electron chi connectivity index (χ3n) is 2.55. The molecule has 0 fully saturated rings. The van der Waals surface area contributed by atoms with Crippen LogP contribution in [0, 0.1) is 0 Å². The van der Waals surface area contributed by atoms with Gasteiger partial charge in [0.05, 0.1) is 0 Å². The lowest BCUT2D eigenvalue weighted by molar-refractivity contribution is -0.146. The van der Waals surface area contributed by atoms with Crippen molar-refractivity contribution >= 4 is 14.3 Å². The second kappa shape index (κ2) is 7.85. The molecule has 0 aliphatic heterocycles. The maximum absolute atomic E-state index is 11.5. The minimum absolute atomic E-state index is 0.0156.